The quantitative estimate of drug-likeness (QED) is 0.848. The molecule has 1 heterocycles. The van der Waals surface area contributed by atoms with Crippen LogP contribution in [-0.4, -0.2) is 60.4 Å². The Morgan fingerprint density at radius 1 is 1.21 bits per heavy atom. The molecule has 2 atom stereocenters. The maximum atomic E-state index is 12.6. The van der Waals surface area contributed by atoms with Crippen molar-refractivity contribution in [2.75, 3.05) is 26.8 Å². The van der Waals surface area contributed by atoms with Crippen molar-refractivity contribution in [3.05, 3.63) is 35.9 Å². The van der Waals surface area contributed by atoms with Gasteiger partial charge in [-0.05, 0) is 33.3 Å². The number of hydrogen-bond donors (Lipinski definition) is 0. The van der Waals surface area contributed by atoms with Crippen LogP contribution in [0, 0.1) is 0 Å². The van der Waals surface area contributed by atoms with E-state index in [1.165, 1.54) is 5.56 Å². The third-order valence-electron chi connectivity index (χ3n) is 4.07. The minimum Gasteiger partial charge on any atom is -0.444 e. The highest BCUT2D eigenvalue weighted by atomic mass is 16.6. The predicted octanol–water partition coefficient (Wildman–Crippen LogP) is 3.14. The van der Waals surface area contributed by atoms with Crippen molar-refractivity contribution in [2.45, 2.75) is 51.9 Å². The first-order chi connectivity index (χ1) is 11.3. The zero-order valence-electron chi connectivity index (χ0n) is 15.5. The Bertz CT molecular complexity index is 527. The van der Waals surface area contributed by atoms with Gasteiger partial charge in [0.25, 0.3) is 0 Å². The molecule has 0 radical (unpaired) electrons. The van der Waals surface area contributed by atoms with E-state index in [9.17, 15) is 4.79 Å². The first-order valence-electron chi connectivity index (χ1n) is 8.56. The molecule has 5 heteroatoms. The summed E-state index contributed by atoms with van der Waals surface area (Å²) < 4.78 is 11.0. The van der Waals surface area contributed by atoms with Crippen molar-refractivity contribution in [1.29, 1.82) is 0 Å². The molecule has 5 nitrogen and oxygen atoms in total. The number of nitrogens with zero attached hydrogens (tertiary/aromatic N) is 2. The Kier molecular flexibility index (Phi) is 6.24. The van der Waals surface area contributed by atoms with Gasteiger partial charge in [-0.3, -0.25) is 9.80 Å². The number of methoxy groups -OCH3 is 1. The van der Waals surface area contributed by atoms with E-state index in [0.29, 0.717) is 6.61 Å². The minimum absolute atomic E-state index is 0.00249. The maximum Gasteiger partial charge on any atom is 0.410 e. The van der Waals surface area contributed by atoms with E-state index in [1.54, 1.807) is 7.11 Å². The number of piperazine rings is 1. The summed E-state index contributed by atoms with van der Waals surface area (Å²) >= 11 is 0. The highest BCUT2D eigenvalue weighted by molar-refractivity contribution is 5.69. The summed E-state index contributed by atoms with van der Waals surface area (Å²) in [5.74, 6) is 0. The molecule has 2 rings (SSSR count). The topological polar surface area (TPSA) is 42.0 Å². The van der Waals surface area contributed by atoms with Crippen LogP contribution in [0.15, 0.2) is 30.3 Å². The number of benzene rings is 1. The van der Waals surface area contributed by atoms with Gasteiger partial charge in [-0.15, -0.1) is 0 Å². The average molecular weight is 334 g/mol. The third kappa shape index (κ3) is 5.21. The Balaban J connectivity index is 2.07. The van der Waals surface area contributed by atoms with Crippen molar-refractivity contribution < 1.29 is 14.3 Å². The molecule has 1 aliphatic heterocycles. The van der Waals surface area contributed by atoms with Gasteiger partial charge in [0.1, 0.15) is 5.60 Å². The van der Waals surface area contributed by atoms with Crippen LogP contribution in [-0.2, 0) is 16.0 Å². The van der Waals surface area contributed by atoms with E-state index in [4.69, 9.17) is 9.47 Å². The van der Waals surface area contributed by atoms with E-state index in [2.05, 4.69) is 36.1 Å². The molecule has 24 heavy (non-hydrogen) atoms. The molecule has 0 N–H and O–H groups in total. The highest BCUT2D eigenvalue weighted by Gasteiger charge is 2.37. The zero-order valence-corrected chi connectivity index (χ0v) is 15.5. The minimum atomic E-state index is -0.490. The average Bonchev–Trinajstić information content (AvgIpc) is 2.46. The molecule has 1 amide bonds. The molecule has 1 saturated heterocycles. The van der Waals surface area contributed by atoms with Gasteiger partial charge in [0, 0.05) is 32.8 Å². The number of ether oxygens (including phenoxy) is 2. The fourth-order valence-electron chi connectivity index (χ4n) is 3.22. The lowest BCUT2D eigenvalue weighted by molar-refractivity contribution is -0.0355. The number of rotatable bonds is 4. The molecule has 0 aliphatic carbocycles. The normalized spacial score (nSPS) is 22.5. The summed E-state index contributed by atoms with van der Waals surface area (Å²) in [6.07, 6.45) is -0.253. The van der Waals surface area contributed by atoms with Crippen LogP contribution in [0.2, 0.25) is 0 Å². The standard InChI is InChI=1S/C19H30N2O3/c1-15-11-20(12-16-9-7-6-8-10-16)13-17(14-23-5)21(15)18(22)24-19(2,3)4/h6-10,15,17H,11-14H2,1-5H3/t15-,17+/m0/s1. The van der Waals surface area contributed by atoms with Gasteiger partial charge in [0.2, 0.25) is 0 Å². The molecule has 1 aromatic carbocycles. The van der Waals surface area contributed by atoms with Crippen LogP contribution in [0.3, 0.4) is 0 Å². The fraction of sp³-hybridized carbons (Fsp3) is 0.632. The van der Waals surface area contributed by atoms with Gasteiger partial charge in [-0.1, -0.05) is 30.3 Å². The van der Waals surface area contributed by atoms with Crippen molar-refractivity contribution in [2.24, 2.45) is 0 Å². The molecule has 0 bridgehead atoms. The summed E-state index contributed by atoms with van der Waals surface area (Å²) in [5.41, 5.74) is 0.793. The van der Waals surface area contributed by atoms with Gasteiger partial charge >= 0.3 is 6.09 Å². The summed E-state index contributed by atoms with van der Waals surface area (Å²) in [6.45, 7) is 10.8. The lowest BCUT2D eigenvalue weighted by atomic mass is 10.1. The van der Waals surface area contributed by atoms with Crippen LogP contribution in [0.1, 0.15) is 33.3 Å². The number of carbonyl (C=O) groups is 1. The largest absolute Gasteiger partial charge is 0.444 e. The number of amides is 1. The van der Waals surface area contributed by atoms with Crippen molar-refractivity contribution in [1.82, 2.24) is 9.80 Å². The Hall–Kier alpha value is -1.59. The summed E-state index contributed by atoms with van der Waals surface area (Å²) in [6, 6.07) is 10.5. The van der Waals surface area contributed by atoms with Crippen LogP contribution >= 0.6 is 0 Å². The SMILES string of the molecule is COC[C@H]1CN(Cc2ccccc2)C[C@H](C)N1C(=O)OC(C)(C)C. The van der Waals surface area contributed by atoms with E-state index in [-0.39, 0.29) is 18.2 Å². The van der Waals surface area contributed by atoms with E-state index < -0.39 is 5.60 Å². The Morgan fingerprint density at radius 3 is 2.46 bits per heavy atom. The number of carbonyl (C=O) groups excluding carboxylic acids is 1. The molecule has 0 aromatic heterocycles. The molecule has 1 fully saturated rings. The highest BCUT2D eigenvalue weighted by Crippen LogP contribution is 2.21. The van der Waals surface area contributed by atoms with Crippen LogP contribution in [0.4, 0.5) is 4.79 Å². The second-order valence-electron chi connectivity index (χ2n) is 7.53. The predicted molar refractivity (Wildman–Crippen MR) is 94.9 cm³/mol. The summed E-state index contributed by atoms with van der Waals surface area (Å²) in [5, 5.41) is 0. The van der Waals surface area contributed by atoms with Gasteiger partial charge in [0.05, 0.1) is 12.6 Å². The number of hydrogen-bond acceptors (Lipinski definition) is 4. The molecule has 0 saturated carbocycles. The van der Waals surface area contributed by atoms with Gasteiger partial charge in [-0.25, -0.2) is 4.79 Å². The lowest BCUT2D eigenvalue weighted by Gasteiger charge is -2.45. The van der Waals surface area contributed by atoms with E-state index in [0.717, 1.165) is 19.6 Å². The summed E-state index contributed by atoms with van der Waals surface area (Å²) in [4.78, 5) is 16.8. The van der Waals surface area contributed by atoms with Crippen molar-refractivity contribution >= 4 is 6.09 Å². The molecule has 134 valence electrons. The lowest BCUT2D eigenvalue weighted by Crippen LogP contribution is -2.61. The first-order valence-corrected chi connectivity index (χ1v) is 8.56. The van der Waals surface area contributed by atoms with Crippen LogP contribution < -0.4 is 0 Å². The van der Waals surface area contributed by atoms with Gasteiger partial charge in [0.15, 0.2) is 0 Å². The van der Waals surface area contributed by atoms with Gasteiger partial charge in [-0.2, -0.15) is 0 Å². The Labute approximate surface area is 145 Å². The molecule has 0 spiro atoms. The second kappa shape index (κ2) is 7.99. The molecular formula is C19H30N2O3. The van der Waals surface area contributed by atoms with Crippen molar-refractivity contribution in [3.63, 3.8) is 0 Å². The second-order valence-corrected chi connectivity index (χ2v) is 7.53. The molecule has 1 aromatic rings. The molecule has 0 unspecified atom stereocenters. The molecular weight excluding hydrogens is 304 g/mol. The maximum absolute atomic E-state index is 12.6. The molecule has 1 aliphatic rings. The van der Waals surface area contributed by atoms with Crippen LogP contribution in [0.5, 0.6) is 0 Å². The van der Waals surface area contributed by atoms with Gasteiger partial charge < -0.3 is 9.47 Å². The fourth-order valence-corrected chi connectivity index (χ4v) is 3.22. The van der Waals surface area contributed by atoms with Crippen LogP contribution in [0.25, 0.3) is 0 Å². The first kappa shape index (κ1) is 18.7. The monoisotopic (exact) mass is 334 g/mol. The summed E-state index contributed by atoms with van der Waals surface area (Å²) in [7, 11) is 1.67. The third-order valence-corrected chi connectivity index (χ3v) is 4.07. The van der Waals surface area contributed by atoms with E-state index >= 15 is 0 Å². The van der Waals surface area contributed by atoms with Crippen molar-refractivity contribution in [3.8, 4) is 0 Å². The zero-order chi connectivity index (χ0) is 17.7. The van der Waals surface area contributed by atoms with E-state index in [1.807, 2.05) is 31.7 Å². The Morgan fingerprint density at radius 2 is 1.88 bits per heavy atom. The smallest absolute Gasteiger partial charge is 0.410 e.